The molecule has 4 nitrogen and oxygen atoms in total. The van der Waals surface area contributed by atoms with Crippen LogP contribution >= 0.6 is 0 Å². The van der Waals surface area contributed by atoms with Crippen LogP contribution in [0.5, 0.6) is 0 Å². The summed E-state index contributed by atoms with van der Waals surface area (Å²) in [5.74, 6) is 0.650. The molecule has 0 saturated carbocycles. The van der Waals surface area contributed by atoms with Gasteiger partial charge in [-0.25, -0.2) is 0 Å². The van der Waals surface area contributed by atoms with E-state index in [1.165, 1.54) is 11.4 Å². The fraction of sp³-hybridized carbons (Fsp3) is 0.600. The second kappa shape index (κ2) is 5.02. The van der Waals surface area contributed by atoms with Crippen LogP contribution in [-0.4, -0.2) is 38.8 Å². The first-order valence-corrected chi connectivity index (χ1v) is 7.23. The second-order valence-electron chi connectivity index (χ2n) is 5.89. The van der Waals surface area contributed by atoms with Crippen LogP contribution in [0.1, 0.15) is 13.8 Å². The van der Waals surface area contributed by atoms with Crippen LogP contribution in [0.15, 0.2) is 24.3 Å². The summed E-state index contributed by atoms with van der Waals surface area (Å²) in [5.41, 5.74) is 9.44. The molecule has 0 aliphatic carbocycles. The molecular weight excluding hydrogens is 236 g/mol. The third kappa shape index (κ3) is 2.30. The SMILES string of the molecule is CC1NNC(C)C1CN1CCN(C)c2ccccc21. The van der Waals surface area contributed by atoms with E-state index in [0.717, 1.165) is 19.6 Å². The Kier molecular flexibility index (Phi) is 3.37. The number of para-hydroxylation sites is 2. The Morgan fingerprint density at radius 3 is 2.37 bits per heavy atom. The lowest BCUT2D eigenvalue weighted by Crippen LogP contribution is -2.44. The van der Waals surface area contributed by atoms with Gasteiger partial charge in [0.15, 0.2) is 0 Å². The van der Waals surface area contributed by atoms with Crippen LogP contribution < -0.4 is 20.7 Å². The van der Waals surface area contributed by atoms with Crippen LogP contribution in [0.3, 0.4) is 0 Å². The zero-order valence-corrected chi connectivity index (χ0v) is 12.1. The number of fused-ring (bicyclic) bond motifs is 1. The normalized spacial score (nSPS) is 30.6. The van der Waals surface area contributed by atoms with E-state index in [4.69, 9.17) is 0 Å². The van der Waals surface area contributed by atoms with Gasteiger partial charge in [-0.05, 0) is 26.0 Å². The van der Waals surface area contributed by atoms with Crippen LogP contribution in [-0.2, 0) is 0 Å². The fourth-order valence-corrected chi connectivity index (χ4v) is 3.24. The molecule has 19 heavy (non-hydrogen) atoms. The predicted octanol–water partition coefficient (Wildman–Crippen LogP) is 1.44. The Morgan fingerprint density at radius 1 is 1.05 bits per heavy atom. The Hall–Kier alpha value is -1.26. The van der Waals surface area contributed by atoms with E-state index in [1.54, 1.807) is 0 Å². The van der Waals surface area contributed by atoms with Crippen molar-refractivity contribution in [1.29, 1.82) is 0 Å². The van der Waals surface area contributed by atoms with E-state index in [2.05, 4.69) is 65.8 Å². The summed E-state index contributed by atoms with van der Waals surface area (Å²) in [6.45, 7) is 7.87. The summed E-state index contributed by atoms with van der Waals surface area (Å²) < 4.78 is 0. The number of anilines is 2. The van der Waals surface area contributed by atoms with Crippen molar-refractivity contribution in [2.24, 2.45) is 5.92 Å². The van der Waals surface area contributed by atoms with Gasteiger partial charge in [0.05, 0.1) is 11.4 Å². The molecule has 4 heteroatoms. The van der Waals surface area contributed by atoms with Crippen molar-refractivity contribution in [3.63, 3.8) is 0 Å². The molecule has 2 unspecified atom stereocenters. The first-order chi connectivity index (χ1) is 9.16. The zero-order chi connectivity index (χ0) is 13.4. The van der Waals surface area contributed by atoms with Gasteiger partial charge in [-0.2, -0.15) is 0 Å². The van der Waals surface area contributed by atoms with Gasteiger partial charge in [0.1, 0.15) is 0 Å². The lowest BCUT2D eigenvalue weighted by Gasteiger charge is -2.39. The topological polar surface area (TPSA) is 30.5 Å². The lowest BCUT2D eigenvalue weighted by molar-refractivity contribution is 0.437. The molecule has 3 rings (SSSR count). The first kappa shape index (κ1) is 12.8. The smallest absolute Gasteiger partial charge is 0.0604 e. The minimum absolute atomic E-state index is 0.529. The van der Waals surface area contributed by atoms with Gasteiger partial charge in [0, 0.05) is 44.7 Å². The number of rotatable bonds is 2. The molecule has 2 atom stereocenters. The van der Waals surface area contributed by atoms with Crippen molar-refractivity contribution >= 4 is 11.4 Å². The maximum absolute atomic E-state index is 3.35. The predicted molar refractivity (Wildman–Crippen MR) is 80.6 cm³/mol. The standard InChI is InChI=1S/C15H24N4/c1-11-13(12(2)17-16-11)10-19-9-8-18(3)14-6-4-5-7-15(14)19/h4-7,11-13,16-17H,8-10H2,1-3H3. The molecule has 1 aromatic carbocycles. The quantitative estimate of drug-likeness (QED) is 0.842. The van der Waals surface area contributed by atoms with Crippen LogP contribution in [0.2, 0.25) is 0 Å². The number of hydrogen-bond donors (Lipinski definition) is 2. The molecule has 2 aliphatic rings. The van der Waals surface area contributed by atoms with Crippen molar-refractivity contribution in [2.45, 2.75) is 25.9 Å². The van der Waals surface area contributed by atoms with Gasteiger partial charge in [-0.15, -0.1) is 0 Å². The highest BCUT2D eigenvalue weighted by Gasteiger charge is 2.32. The molecule has 0 aromatic heterocycles. The molecule has 0 bridgehead atoms. The largest absolute Gasteiger partial charge is 0.371 e. The molecule has 104 valence electrons. The molecule has 2 N–H and O–H groups in total. The van der Waals surface area contributed by atoms with Gasteiger partial charge in [0.25, 0.3) is 0 Å². The van der Waals surface area contributed by atoms with Gasteiger partial charge in [0.2, 0.25) is 0 Å². The Morgan fingerprint density at radius 2 is 1.68 bits per heavy atom. The molecular formula is C15H24N4. The lowest BCUT2D eigenvalue weighted by atomic mass is 9.95. The summed E-state index contributed by atoms with van der Waals surface area (Å²) in [7, 11) is 2.18. The van der Waals surface area contributed by atoms with Crippen LogP contribution in [0.4, 0.5) is 11.4 Å². The summed E-state index contributed by atoms with van der Waals surface area (Å²) in [5, 5.41) is 0. The third-order valence-electron chi connectivity index (χ3n) is 4.59. The van der Waals surface area contributed by atoms with Crippen molar-refractivity contribution in [2.75, 3.05) is 36.5 Å². The van der Waals surface area contributed by atoms with E-state index in [9.17, 15) is 0 Å². The number of likely N-dealkylation sites (N-methyl/N-ethyl adjacent to an activating group) is 1. The zero-order valence-electron chi connectivity index (χ0n) is 12.1. The van der Waals surface area contributed by atoms with Gasteiger partial charge in [-0.3, -0.25) is 10.9 Å². The maximum Gasteiger partial charge on any atom is 0.0604 e. The number of nitrogens with one attached hydrogen (secondary N) is 2. The number of benzene rings is 1. The monoisotopic (exact) mass is 260 g/mol. The minimum Gasteiger partial charge on any atom is -0.371 e. The molecule has 0 spiro atoms. The van der Waals surface area contributed by atoms with Crippen LogP contribution in [0.25, 0.3) is 0 Å². The highest BCUT2D eigenvalue weighted by atomic mass is 15.4. The van der Waals surface area contributed by atoms with Crippen molar-refractivity contribution < 1.29 is 0 Å². The minimum atomic E-state index is 0.529. The summed E-state index contributed by atoms with van der Waals surface area (Å²) >= 11 is 0. The average molecular weight is 260 g/mol. The van der Waals surface area contributed by atoms with Crippen molar-refractivity contribution in [3.05, 3.63) is 24.3 Å². The number of nitrogens with zero attached hydrogens (tertiary/aromatic N) is 2. The van der Waals surface area contributed by atoms with E-state index < -0.39 is 0 Å². The highest BCUT2D eigenvalue weighted by molar-refractivity contribution is 5.73. The van der Waals surface area contributed by atoms with Crippen molar-refractivity contribution in [3.8, 4) is 0 Å². The first-order valence-electron chi connectivity index (χ1n) is 7.23. The highest BCUT2D eigenvalue weighted by Crippen LogP contribution is 2.33. The molecule has 2 heterocycles. The van der Waals surface area contributed by atoms with Crippen LogP contribution in [0, 0.1) is 5.92 Å². The Balaban J connectivity index is 1.81. The molecule has 2 aliphatic heterocycles. The maximum atomic E-state index is 3.35. The van der Waals surface area contributed by atoms with Gasteiger partial charge < -0.3 is 9.80 Å². The Labute approximate surface area is 115 Å². The molecule has 0 radical (unpaired) electrons. The molecule has 1 fully saturated rings. The number of hydrazine groups is 1. The van der Waals surface area contributed by atoms with Gasteiger partial charge >= 0.3 is 0 Å². The van der Waals surface area contributed by atoms with Gasteiger partial charge in [-0.1, -0.05) is 12.1 Å². The summed E-state index contributed by atoms with van der Waals surface area (Å²) in [4.78, 5) is 4.89. The molecule has 1 aromatic rings. The van der Waals surface area contributed by atoms with E-state index >= 15 is 0 Å². The fourth-order valence-electron chi connectivity index (χ4n) is 3.24. The molecule has 0 amide bonds. The number of hydrogen-bond acceptors (Lipinski definition) is 4. The average Bonchev–Trinajstić information content (AvgIpc) is 2.74. The van der Waals surface area contributed by atoms with E-state index in [1.807, 2.05) is 0 Å². The molecule has 1 saturated heterocycles. The summed E-state index contributed by atoms with van der Waals surface area (Å²) in [6, 6.07) is 9.80. The summed E-state index contributed by atoms with van der Waals surface area (Å²) in [6.07, 6.45) is 0. The Bertz CT molecular complexity index is 438. The third-order valence-corrected chi connectivity index (χ3v) is 4.59. The van der Waals surface area contributed by atoms with Crippen molar-refractivity contribution in [1.82, 2.24) is 10.9 Å². The van der Waals surface area contributed by atoms with E-state index in [0.29, 0.717) is 18.0 Å². The van der Waals surface area contributed by atoms with E-state index in [-0.39, 0.29) is 0 Å². The second-order valence-corrected chi connectivity index (χ2v) is 5.89.